The molecule has 2 N–H and O–H groups in total. The SMILES string of the molecule is CC=C(NC(C)C)NC(C)C. The van der Waals surface area contributed by atoms with Crippen LogP contribution in [0.1, 0.15) is 34.6 Å². The highest BCUT2D eigenvalue weighted by Crippen LogP contribution is 1.89. The lowest BCUT2D eigenvalue weighted by Gasteiger charge is -2.18. The van der Waals surface area contributed by atoms with Gasteiger partial charge in [-0.1, -0.05) is 0 Å². The molecular weight excluding hydrogens is 136 g/mol. The maximum Gasteiger partial charge on any atom is 0.0946 e. The van der Waals surface area contributed by atoms with Crippen LogP contribution in [-0.4, -0.2) is 12.1 Å². The minimum atomic E-state index is 0.493. The molecule has 0 aromatic rings. The third-order valence-electron chi connectivity index (χ3n) is 1.18. The van der Waals surface area contributed by atoms with Crippen molar-refractivity contribution in [1.29, 1.82) is 0 Å². The Morgan fingerprint density at radius 3 is 1.55 bits per heavy atom. The number of allylic oxidation sites excluding steroid dienone is 1. The van der Waals surface area contributed by atoms with E-state index in [1.165, 1.54) is 0 Å². The average molecular weight is 156 g/mol. The van der Waals surface area contributed by atoms with Crippen molar-refractivity contribution in [1.82, 2.24) is 10.6 Å². The topological polar surface area (TPSA) is 24.1 Å². The van der Waals surface area contributed by atoms with Crippen LogP contribution in [0, 0.1) is 0 Å². The monoisotopic (exact) mass is 156 g/mol. The summed E-state index contributed by atoms with van der Waals surface area (Å²) >= 11 is 0. The van der Waals surface area contributed by atoms with Gasteiger partial charge >= 0.3 is 0 Å². The number of rotatable bonds is 4. The van der Waals surface area contributed by atoms with Gasteiger partial charge in [-0.15, -0.1) is 0 Å². The van der Waals surface area contributed by atoms with Crippen LogP contribution >= 0.6 is 0 Å². The summed E-state index contributed by atoms with van der Waals surface area (Å²) in [6.45, 7) is 10.5. The van der Waals surface area contributed by atoms with E-state index in [4.69, 9.17) is 0 Å². The van der Waals surface area contributed by atoms with E-state index in [1.54, 1.807) is 0 Å². The Labute approximate surface area is 70.1 Å². The van der Waals surface area contributed by atoms with E-state index in [1.807, 2.05) is 6.92 Å². The smallest absolute Gasteiger partial charge is 0.0946 e. The van der Waals surface area contributed by atoms with Gasteiger partial charge in [-0.25, -0.2) is 0 Å². The number of hydrogen-bond donors (Lipinski definition) is 2. The standard InChI is InChI=1S/C9H20N2/c1-6-9(10-7(2)3)11-8(4)5/h6-8,10-11H,1-5H3. The number of nitrogens with one attached hydrogen (secondary N) is 2. The maximum atomic E-state index is 3.31. The molecule has 11 heavy (non-hydrogen) atoms. The van der Waals surface area contributed by atoms with Crippen LogP contribution in [0.4, 0.5) is 0 Å². The molecule has 0 saturated carbocycles. The number of hydrogen-bond acceptors (Lipinski definition) is 2. The van der Waals surface area contributed by atoms with Crippen LogP contribution in [0.3, 0.4) is 0 Å². The van der Waals surface area contributed by atoms with Gasteiger partial charge in [-0.2, -0.15) is 0 Å². The quantitative estimate of drug-likeness (QED) is 0.649. The zero-order chi connectivity index (χ0) is 8.85. The fourth-order valence-electron chi connectivity index (χ4n) is 0.830. The molecule has 66 valence electrons. The molecule has 2 nitrogen and oxygen atoms in total. The first-order chi connectivity index (χ1) is 5.06. The highest BCUT2D eigenvalue weighted by atomic mass is 15.1. The minimum absolute atomic E-state index is 0.493. The molecule has 2 heteroatoms. The van der Waals surface area contributed by atoms with Gasteiger partial charge in [-0.3, -0.25) is 0 Å². The molecule has 0 aliphatic rings. The molecule has 0 saturated heterocycles. The van der Waals surface area contributed by atoms with Crippen LogP contribution in [0.5, 0.6) is 0 Å². The van der Waals surface area contributed by atoms with Crippen LogP contribution in [0.15, 0.2) is 11.9 Å². The molecule has 0 unspecified atom stereocenters. The fraction of sp³-hybridized carbons (Fsp3) is 0.778. The van der Waals surface area contributed by atoms with E-state index in [9.17, 15) is 0 Å². The summed E-state index contributed by atoms with van der Waals surface area (Å²) in [5, 5.41) is 6.62. The van der Waals surface area contributed by atoms with Crippen LogP contribution in [-0.2, 0) is 0 Å². The Balaban J connectivity index is 3.79. The first kappa shape index (κ1) is 10.3. The fourth-order valence-corrected chi connectivity index (χ4v) is 0.830. The first-order valence-corrected chi connectivity index (χ1v) is 4.25. The van der Waals surface area contributed by atoms with Crippen molar-refractivity contribution >= 4 is 0 Å². The van der Waals surface area contributed by atoms with Crippen molar-refractivity contribution in [3.8, 4) is 0 Å². The summed E-state index contributed by atoms with van der Waals surface area (Å²) < 4.78 is 0. The van der Waals surface area contributed by atoms with Gasteiger partial charge in [0.2, 0.25) is 0 Å². The van der Waals surface area contributed by atoms with Gasteiger partial charge in [0.15, 0.2) is 0 Å². The van der Waals surface area contributed by atoms with Gasteiger partial charge in [0.25, 0.3) is 0 Å². The zero-order valence-electron chi connectivity index (χ0n) is 8.23. The summed E-state index contributed by atoms with van der Waals surface area (Å²) in [6.07, 6.45) is 2.06. The van der Waals surface area contributed by atoms with E-state index < -0.39 is 0 Å². The van der Waals surface area contributed by atoms with E-state index in [-0.39, 0.29) is 0 Å². The molecule has 0 fully saturated rings. The first-order valence-electron chi connectivity index (χ1n) is 4.25. The molecular formula is C9H20N2. The summed E-state index contributed by atoms with van der Waals surface area (Å²) in [6, 6.07) is 0.986. The Morgan fingerprint density at radius 2 is 1.36 bits per heavy atom. The molecule has 0 rings (SSSR count). The molecule has 0 atom stereocenters. The predicted molar refractivity (Wildman–Crippen MR) is 50.3 cm³/mol. The van der Waals surface area contributed by atoms with Crippen LogP contribution in [0.25, 0.3) is 0 Å². The largest absolute Gasteiger partial charge is 0.370 e. The summed E-state index contributed by atoms with van der Waals surface area (Å²) in [5.74, 6) is 1.12. The van der Waals surface area contributed by atoms with Crippen molar-refractivity contribution in [3.05, 3.63) is 11.9 Å². The second-order valence-corrected chi connectivity index (χ2v) is 3.30. The molecule has 0 radical (unpaired) electrons. The summed E-state index contributed by atoms with van der Waals surface area (Å²) in [5.41, 5.74) is 0. The molecule has 0 aromatic carbocycles. The Kier molecular flexibility index (Phi) is 4.75. The molecule has 0 amide bonds. The lowest BCUT2D eigenvalue weighted by molar-refractivity contribution is 0.565. The second kappa shape index (κ2) is 5.05. The van der Waals surface area contributed by atoms with Crippen LogP contribution < -0.4 is 10.6 Å². The van der Waals surface area contributed by atoms with Crippen LogP contribution in [0.2, 0.25) is 0 Å². The minimum Gasteiger partial charge on any atom is -0.370 e. The van der Waals surface area contributed by atoms with Gasteiger partial charge in [0, 0.05) is 12.1 Å². The van der Waals surface area contributed by atoms with Gasteiger partial charge in [0.05, 0.1) is 5.82 Å². The normalized spacial score (nSPS) is 10.1. The highest BCUT2D eigenvalue weighted by molar-refractivity contribution is 4.96. The van der Waals surface area contributed by atoms with E-state index in [0.717, 1.165) is 5.82 Å². The Bertz CT molecular complexity index is 114. The molecule has 0 aliphatic heterocycles. The van der Waals surface area contributed by atoms with E-state index in [2.05, 4.69) is 44.4 Å². The Hall–Kier alpha value is -0.660. The molecule has 0 spiro atoms. The van der Waals surface area contributed by atoms with Crippen molar-refractivity contribution in [3.63, 3.8) is 0 Å². The van der Waals surface area contributed by atoms with Gasteiger partial charge in [0.1, 0.15) is 0 Å². The second-order valence-electron chi connectivity index (χ2n) is 3.30. The lowest BCUT2D eigenvalue weighted by atomic mass is 10.3. The summed E-state index contributed by atoms with van der Waals surface area (Å²) in [7, 11) is 0. The van der Waals surface area contributed by atoms with E-state index >= 15 is 0 Å². The third kappa shape index (κ3) is 5.77. The zero-order valence-corrected chi connectivity index (χ0v) is 8.23. The highest BCUT2D eigenvalue weighted by Gasteiger charge is 1.98. The predicted octanol–water partition coefficient (Wildman–Crippen LogP) is 1.84. The maximum absolute atomic E-state index is 3.31. The average Bonchev–Trinajstić information content (AvgIpc) is 1.84. The molecule has 0 aromatic heterocycles. The Morgan fingerprint density at radius 1 is 1.00 bits per heavy atom. The molecule has 0 bridgehead atoms. The molecule has 0 aliphatic carbocycles. The van der Waals surface area contributed by atoms with Crippen molar-refractivity contribution in [2.75, 3.05) is 0 Å². The van der Waals surface area contributed by atoms with Gasteiger partial charge < -0.3 is 10.6 Å². The van der Waals surface area contributed by atoms with E-state index in [0.29, 0.717) is 12.1 Å². The summed E-state index contributed by atoms with van der Waals surface area (Å²) in [4.78, 5) is 0. The third-order valence-corrected chi connectivity index (χ3v) is 1.18. The van der Waals surface area contributed by atoms with Gasteiger partial charge in [-0.05, 0) is 40.7 Å². The van der Waals surface area contributed by atoms with Crippen molar-refractivity contribution in [2.24, 2.45) is 0 Å². The van der Waals surface area contributed by atoms with Crippen molar-refractivity contribution in [2.45, 2.75) is 46.7 Å². The van der Waals surface area contributed by atoms with Crippen molar-refractivity contribution < 1.29 is 0 Å². The lowest BCUT2D eigenvalue weighted by Crippen LogP contribution is -2.34. The molecule has 0 heterocycles.